The third kappa shape index (κ3) is 4.44. The van der Waals surface area contributed by atoms with Crippen LogP contribution in [0.4, 0.5) is 11.5 Å². The van der Waals surface area contributed by atoms with Gasteiger partial charge in [-0.15, -0.1) is 0 Å². The molecule has 3 N–H and O–H groups in total. The zero-order valence-electron chi connectivity index (χ0n) is 9.16. The van der Waals surface area contributed by atoms with Crippen LogP contribution in [0.2, 0.25) is 0 Å². The Labute approximate surface area is 89.9 Å². The number of hydrogen-bond donors (Lipinski definition) is 2. The summed E-state index contributed by atoms with van der Waals surface area (Å²) < 4.78 is 0. The fourth-order valence-electron chi connectivity index (χ4n) is 1.10. The summed E-state index contributed by atoms with van der Waals surface area (Å²) in [4.78, 5) is 15.4. The summed E-state index contributed by atoms with van der Waals surface area (Å²) in [6.07, 6.45) is 2.95. The second kappa shape index (κ2) is 5.34. The molecule has 4 nitrogen and oxygen atoms in total. The Kier molecular flexibility index (Phi) is 4.09. The highest BCUT2D eigenvalue weighted by molar-refractivity contribution is 5.89. The number of anilines is 2. The fourth-order valence-corrected chi connectivity index (χ4v) is 1.10. The third-order valence-electron chi connectivity index (χ3n) is 2.00. The highest BCUT2D eigenvalue weighted by atomic mass is 16.1. The monoisotopic (exact) mass is 207 g/mol. The Morgan fingerprint density at radius 3 is 2.80 bits per heavy atom. The quantitative estimate of drug-likeness (QED) is 0.793. The normalized spacial score (nSPS) is 10.3. The maximum atomic E-state index is 11.4. The first-order valence-electron chi connectivity index (χ1n) is 5.09. The van der Waals surface area contributed by atoms with Crippen molar-refractivity contribution < 1.29 is 4.79 Å². The number of carbonyl (C=O) groups is 1. The second-order valence-corrected chi connectivity index (χ2v) is 3.96. The van der Waals surface area contributed by atoms with Gasteiger partial charge in [0, 0.05) is 6.42 Å². The van der Waals surface area contributed by atoms with Crippen LogP contribution in [0, 0.1) is 5.92 Å². The molecule has 0 saturated carbocycles. The van der Waals surface area contributed by atoms with E-state index in [1.807, 2.05) is 0 Å². The average Bonchev–Trinajstić information content (AvgIpc) is 2.19. The molecule has 0 aliphatic rings. The predicted octanol–water partition coefficient (Wildman–Crippen LogP) is 2.04. The first kappa shape index (κ1) is 11.5. The van der Waals surface area contributed by atoms with E-state index in [1.54, 1.807) is 12.1 Å². The van der Waals surface area contributed by atoms with Crippen molar-refractivity contribution in [3.63, 3.8) is 0 Å². The molecule has 4 heteroatoms. The lowest BCUT2D eigenvalue weighted by Crippen LogP contribution is -2.13. The van der Waals surface area contributed by atoms with Gasteiger partial charge in [0.05, 0.1) is 11.9 Å². The number of rotatable bonds is 4. The van der Waals surface area contributed by atoms with Crippen molar-refractivity contribution in [2.75, 3.05) is 11.1 Å². The van der Waals surface area contributed by atoms with Crippen molar-refractivity contribution in [3.8, 4) is 0 Å². The number of nitrogens with two attached hydrogens (primary N) is 1. The number of aromatic nitrogens is 1. The summed E-state index contributed by atoms with van der Waals surface area (Å²) in [6.45, 7) is 4.18. The van der Waals surface area contributed by atoms with E-state index in [0.29, 0.717) is 23.8 Å². The second-order valence-electron chi connectivity index (χ2n) is 3.96. The topological polar surface area (TPSA) is 68.0 Å². The maximum absolute atomic E-state index is 11.4. The minimum absolute atomic E-state index is 0.000899. The van der Waals surface area contributed by atoms with Crippen LogP contribution in [0.3, 0.4) is 0 Å². The molecule has 0 atom stereocenters. The van der Waals surface area contributed by atoms with Gasteiger partial charge in [-0.3, -0.25) is 4.79 Å². The molecular weight excluding hydrogens is 190 g/mol. The number of nitrogen functional groups attached to an aromatic ring is 1. The van der Waals surface area contributed by atoms with E-state index in [0.717, 1.165) is 6.42 Å². The highest BCUT2D eigenvalue weighted by Crippen LogP contribution is 2.08. The molecule has 1 aromatic heterocycles. The summed E-state index contributed by atoms with van der Waals surface area (Å²) in [6, 6.07) is 3.41. The molecule has 0 radical (unpaired) electrons. The van der Waals surface area contributed by atoms with E-state index in [2.05, 4.69) is 24.1 Å². The summed E-state index contributed by atoms with van der Waals surface area (Å²) in [7, 11) is 0. The lowest BCUT2D eigenvalue weighted by atomic mass is 10.1. The van der Waals surface area contributed by atoms with Crippen molar-refractivity contribution in [1.29, 1.82) is 0 Å². The molecule has 1 amide bonds. The van der Waals surface area contributed by atoms with Crippen LogP contribution >= 0.6 is 0 Å². The van der Waals surface area contributed by atoms with Crippen molar-refractivity contribution >= 4 is 17.4 Å². The minimum Gasteiger partial charge on any atom is -0.397 e. The number of amides is 1. The molecular formula is C11H17N3O. The van der Waals surface area contributed by atoms with Crippen molar-refractivity contribution in [3.05, 3.63) is 18.3 Å². The van der Waals surface area contributed by atoms with Crippen molar-refractivity contribution in [2.45, 2.75) is 26.7 Å². The smallest absolute Gasteiger partial charge is 0.225 e. The molecule has 82 valence electrons. The van der Waals surface area contributed by atoms with Crippen LogP contribution in [0.25, 0.3) is 0 Å². The fraction of sp³-hybridized carbons (Fsp3) is 0.455. The average molecular weight is 207 g/mol. The SMILES string of the molecule is CC(C)CCC(=O)Nc1ccc(N)cn1. The third-order valence-corrected chi connectivity index (χ3v) is 2.00. The molecule has 0 unspecified atom stereocenters. The molecule has 0 aromatic carbocycles. The largest absolute Gasteiger partial charge is 0.397 e. The van der Waals surface area contributed by atoms with Crippen molar-refractivity contribution in [2.24, 2.45) is 5.92 Å². The van der Waals surface area contributed by atoms with Crippen molar-refractivity contribution in [1.82, 2.24) is 4.98 Å². The van der Waals surface area contributed by atoms with E-state index < -0.39 is 0 Å². The lowest BCUT2D eigenvalue weighted by molar-refractivity contribution is -0.116. The number of pyridine rings is 1. The maximum Gasteiger partial charge on any atom is 0.225 e. The summed E-state index contributed by atoms with van der Waals surface area (Å²) in [5.74, 6) is 1.09. The minimum atomic E-state index is 0.000899. The van der Waals surface area contributed by atoms with E-state index in [9.17, 15) is 4.79 Å². The molecule has 0 aliphatic carbocycles. The van der Waals surface area contributed by atoms with Crippen LogP contribution in [-0.4, -0.2) is 10.9 Å². The van der Waals surface area contributed by atoms with Gasteiger partial charge in [-0.1, -0.05) is 13.8 Å². The molecule has 0 aliphatic heterocycles. The van der Waals surface area contributed by atoms with Gasteiger partial charge in [0.25, 0.3) is 0 Å². The molecule has 0 saturated heterocycles. The molecule has 1 aromatic rings. The summed E-state index contributed by atoms with van der Waals surface area (Å²) in [5, 5.41) is 2.72. The van der Waals surface area contributed by atoms with Gasteiger partial charge in [-0.2, -0.15) is 0 Å². The Balaban J connectivity index is 2.41. The molecule has 1 rings (SSSR count). The predicted molar refractivity (Wildman–Crippen MR) is 61.4 cm³/mol. The van der Waals surface area contributed by atoms with E-state index in [-0.39, 0.29) is 5.91 Å². The zero-order chi connectivity index (χ0) is 11.3. The molecule has 0 fully saturated rings. The number of nitrogens with zero attached hydrogens (tertiary/aromatic N) is 1. The van der Waals surface area contributed by atoms with E-state index in [1.165, 1.54) is 6.20 Å². The molecule has 15 heavy (non-hydrogen) atoms. The number of hydrogen-bond acceptors (Lipinski definition) is 3. The Bertz CT molecular complexity index is 319. The standard InChI is InChI=1S/C11H17N3O/c1-8(2)3-6-11(15)14-10-5-4-9(12)7-13-10/h4-5,7-8H,3,6,12H2,1-2H3,(H,13,14,15). The zero-order valence-corrected chi connectivity index (χ0v) is 9.16. The highest BCUT2D eigenvalue weighted by Gasteiger charge is 2.04. The Morgan fingerprint density at radius 1 is 1.53 bits per heavy atom. The van der Waals surface area contributed by atoms with Gasteiger partial charge in [-0.25, -0.2) is 4.98 Å². The van der Waals surface area contributed by atoms with Gasteiger partial charge in [-0.05, 0) is 24.5 Å². The van der Waals surface area contributed by atoms with Gasteiger partial charge in [0.1, 0.15) is 5.82 Å². The summed E-state index contributed by atoms with van der Waals surface area (Å²) in [5.41, 5.74) is 6.07. The van der Waals surface area contributed by atoms with Crippen LogP contribution < -0.4 is 11.1 Å². The summed E-state index contributed by atoms with van der Waals surface area (Å²) >= 11 is 0. The van der Waals surface area contributed by atoms with Gasteiger partial charge >= 0.3 is 0 Å². The van der Waals surface area contributed by atoms with Crippen LogP contribution in [0.15, 0.2) is 18.3 Å². The molecule has 0 spiro atoms. The van der Waals surface area contributed by atoms with Gasteiger partial charge in [0.15, 0.2) is 0 Å². The van der Waals surface area contributed by atoms with E-state index in [4.69, 9.17) is 5.73 Å². The van der Waals surface area contributed by atoms with Crippen LogP contribution in [0.5, 0.6) is 0 Å². The lowest BCUT2D eigenvalue weighted by Gasteiger charge is -2.05. The van der Waals surface area contributed by atoms with Crippen LogP contribution in [0.1, 0.15) is 26.7 Å². The molecule has 1 heterocycles. The van der Waals surface area contributed by atoms with Crippen LogP contribution in [-0.2, 0) is 4.79 Å². The molecule has 0 bridgehead atoms. The first-order valence-corrected chi connectivity index (χ1v) is 5.09. The Hall–Kier alpha value is -1.58. The number of carbonyl (C=O) groups excluding carboxylic acids is 1. The van der Waals surface area contributed by atoms with Gasteiger partial charge < -0.3 is 11.1 Å². The van der Waals surface area contributed by atoms with E-state index >= 15 is 0 Å². The van der Waals surface area contributed by atoms with Gasteiger partial charge in [0.2, 0.25) is 5.91 Å². The first-order chi connectivity index (χ1) is 7.08. The number of nitrogens with one attached hydrogen (secondary N) is 1. The Morgan fingerprint density at radius 2 is 2.27 bits per heavy atom.